The molecule has 27 heavy (non-hydrogen) atoms. The second-order valence-electron chi connectivity index (χ2n) is 5.84. The molecule has 2 N–H and O–H groups in total. The number of ether oxygens (including phenoxy) is 1. The molecule has 0 bridgehead atoms. The third-order valence-corrected chi connectivity index (χ3v) is 7.40. The average molecular weight is 471 g/mol. The van der Waals surface area contributed by atoms with Crippen LogP contribution >= 0.6 is 27.3 Å². The van der Waals surface area contributed by atoms with Crippen LogP contribution in [0.15, 0.2) is 45.8 Å². The van der Waals surface area contributed by atoms with E-state index in [9.17, 15) is 17.6 Å². The number of nitrogens with one attached hydrogen (secondary N) is 2. The number of anilines is 1. The van der Waals surface area contributed by atoms with Gasteiger partial charge in [-0.2, -0.15) is 0 Å². The summed E-state index contributed by atoms with van der Waals surface area (Å²) in [5.41, 5.74) is 0.406. The SMILES string of the molecule is O=C1COc2cc(S(=O)(=O)NCc3cc4cc(F)ccc4s3)c(Br)cc2N1. The summed E-state index contributed by atoms with van der Waals surface area (Å²) in [6.07, 6.45) is 0. The molecule has 0 saturated carbocycles. The molecule has 3 aromatic rings. The van der Waals surface area contributed by atoms with Gasteiger partial charge in [0.25, 0.3) is 5.91 Å². The first-order valence-corrected chi connectivity index (χ1v) is 10.8. The van der Waals surface area contributed by atoms with Gasteiger partial charge in [-0.3, -0.25) is 4.79 Å². The fourth-order valence-electron chi connectivity index (χ4n) is 2.69. The van der Waals surface area contributed by atoms with E-state index in [2.05, 4.69) is 26.0 Å². The number of amides is 1. The third kappa shape index (κ3) is 3.70. The molecule has 10 heteroatoms. The Morgan fingerprint density at radius 1 is 1.26 bits per heavy atom. The number of halogens is 2. The van der Waals surface area contributed by atoms with Crippen LogP contribution in [0, 0.1) is 5.82 Å². The van der Waals surface area contributed by atoms with Gasteiger partial charge in [0.2, 0.25) is 10.0 Å². The van der Waals surface area contributed by atoms with Crippen molar-refractivity contribution in [3.05, 3.63) is 51.6 Å². The predicted octanol–water partition coefficient (Wildman–Crippen LogP) is 3.61. The number of hydrogen-bond acceptors (Lipinski definition) is 5. The summed E-state index contributed by atoms with van der Waals surface area (Å²) >= 11 is 4.62. The summed E-state index contributed by atoms with van der Waals surface area (Å²) in [6.45, 7) is -0.0929. The third-order valence-electron chi connectivity index (χ3n) is 3.92. The van der Waals surface area contributed by atoms with Crippen LogP contribution in [0.4, 0.5) is 10.1 Å². The lowest BCUT2D eigenvalue weighted by molar-refractivity contribution is -0.118. The second kappa shape index (κ2) is 6.86. The van der Waals surface area contributed by atoms with E-state index in [1.807, 2.05) is 0 Å². The zero-order valence-corrected chi connectivity index (χ0v) is 16.8. The van der Waals surface area contributed by atoms with Crippen molar-refractivity contribution in [3.63, 3.8) is 0 Å². The van der Waals surface area contributed by atoms with Crippen molar-refractivity contribution in [2.75, 3.05) is 11.9 Å². The molecule has 4 rings (SSSR count). The van der Waals surface area contributed by atoms with E-state index in [0.717, 1.165) is 15.0 Å². The Labute approximate surface area is 166 Å². The Kier molecular flexibility index (Phi) is 4.66. The lowest BCUT2D eigenvalue weighted by Gasteiger charge is -2.19. The van der Waals surface area contributed by atoms with Gasteiger partial charge in [0.05, 0.1) is 5.69 Å². The summed E-state index contributed by atoms with van der Waals surface area (Å²) in [5, 5.41) is 3.35. The van der Waals surface area contributed by atoms with Crippen LogP contribution in [0.25, 0.3) is 10.1 Å². The smallest absolute Gasteiger partial charge is 0.262 e. The molecule has 6 nitrogen and oxygen atoms in total. The number of thiophene rings is 1. The van der Waals surface area contributed by atoms with Crippen LogP contribution in [0.3, 0.4) is 0 Å². The number of hydrogen-bond donors (Lipinski definition) is 2. The van der Waals surface area contributed by atoms with E-state index in [-0.39, 0.29) is 35.5 Å². The minimum atomic E-state index is -3.84. The summed E-state index contributed by atoms with van der Waals surface area (Å²) in [7, 11) is -3.84. The zero-order chi connectivity index (χ0) is 19.2. The topological polar surface area (TPSA) is 84.5 Å². The van der Waals surface area contributed by atoms with Crippen molar-refractivity contribution in [3.8, 4) is 5.75 Å². The molecule has 0 atom stereocenters. The number of carbonyl (C=O) groups is 1. The Hall–Kier alpha value is -2.01. The molecule has 0 unspecified atom stereocenters. The highest BCUT2D eigenvalue weighted by Crippen LogP contribution is 2.36. The van der Waals surface area contributed by atoms with E-state index in [0.29, 0.717) is 10.2 Å². The molecule has 2 heterocycles. The molecule has 0 radical (unpaired) electrons. The van der Waals surface area contributed by atoms with E-state index in [4.69, 9.17) is 4.74 Å². The molecule has 0 fully saturated rings. The van der Waals surface area contributed by atoms with E-state index in [1.54, 1.807) is 12.1 Å². The first kappa shape index (κ1) is 18.4. The van der Waals surface area contributed by atoms with Crippen LogP contribution in [-0.2, 0) is 21.4 Å². The normalized spacial score (nSPS) is 13.9. The van der Waals surface area contributed by atoms with Crippen LogP contribution in [0.1, 0.15) is 4.88 Å². The molecule has 0 spiro atoms. The molecule has 2 aromatic carbocycles. The minimum Gasteiger partial charge on any atom is -0.482 e. The first-order chi connectivity index (χ1) is 12.8. The minimum absolute atomic E-state index is 0.00422. The van der Waals surface area contributed by atoms with Crippen molar-refractivity contribution in [2.24, 2.45) is 0 Å². The molecule has 0 saturated heterocycles. The molecular formula is C17H12BrFN2O4S2. The maximum absolute atomic E-state index is 13.3. The van der Waals surface area contributed by atoms with Crippen LogP contribution in [-0.4, -0.2) is 20.9 Å². The van der Waals surface area contributed by atoms with Gasteiger partial charge in [0, 0.05) is 26.7 Å². The fraction of sp³-hybridized carbons (Fsp3) is 0.118. The van der Waals surface area contributed by atoms with Crippen molar-refractivity contribution in [2.45, 2.75) is 11.4 Å². The van der Waals surface area contributed by atoms with Gasteiger partial charge in [-0.05, 0) is 51.6 Å². The van der Waals surface area contributed by atoms with Gasteiger partial charge in [0.15, 0.2) is 6.61 Å². The number of rotatable bonds is 4. The lowest BCUT2D eigenvalue weighted by Crippen LogP contribution is -2.27. The molecule has 1 aromatic heterocycles. The molecular weight excluding hydrogens is 459 g/mol. The molecule has 1 aliphatic heterocycles. The number of carbonyl (C=O) groups excluding carboxylic acids is 1. The Morgan fingerprint density at radius 3 is 2.89 bits per heavy atom. The van der Waals surface area contributed by atoms with Gasteiger partial charge in [0.1, 0.15) is 16.5 Å². The van der Waals surface area contributed by atoms with E-state index >= 15 is 0 Å². The largest absolute Gasteiger partial charge is 0.482 e. The lowest BCUT2D eigenvalue weighted by atomic mass is 10.2. The average Bonchev–Trinajstić information content (AvgIpc) is 3.01. The standard InChI is InChI=1S/C17H12BrFN2O4S2/c18-12-5-13-14(25-8-17(22)21-13)6-16(12)27(23,24)20-7-11-4-9-3-10(19)1-2-15(9)26-11/h1-6,20H,7-8H2,(H,21,22). The van der Waals surface area contributed by atoms with Gasteiger partial charge in [-0.15, -0.1) is 11.3 Å². The maximum atomic E-state index is 13.3. The number of benzene rings is 2. The van der Waals surface area contributed by atoms with Crippen molar-refractivity contribution < 1.29 is 22.3 Å². The Balaban J connectivity index is 1.58. The van der Waals surface area contributed by atoms with Crippen LogP contribution in [0.5, 0.6) is 5.75 Å². The maximum Gasteiger partial charge on any atom is 0.262 e. The monoisotopic (exact) mass is 470 g/mol. The number of fused-ring (bicyclic) bond motifs is 2. The van der Waals surface area contributed by atoms with Gasteiger partial charge < -0.3 is 10.1 Å². The van der Waals surface area contributed by atoms with E-state index in [1.165, 1.54) is 35.6 Å². The molecule has 1 aliphatic rings. The van der Waals surface area contributed by atoms with Crippen molar-refractivity contribution >= 4 is 59.0 Å². The highest BCUT2D eigenvalue weighted by Gasteiger charge is 2.24. The second-order valence-corrected chi connectivity index (χ2v) is 9.59. The van der Waals surface area contributed by atoms with Gasteiger partial charge in [-0.1, -0.05) is 0 Å². The van der Waals surface area contributed by atoms with Crippen LogP contribution in [0.2, 0.25) is 0 Å². The number of sulfonamides is 1. The Bertz CT molecular complexity index is 1180. The molecule has 140 valence electrons. The van der Waals surface area contributed by atoms with Crippen LogP contribution < -0.4 is 14.8 Å². The summed E-state index contributed by atoms with van der Waals surface area (Å²) in [4.78, 5) is 12.1. The summed E-state index contributed by atoms with van der Waals surface area (Å²) < 4.78 is 47.7. The zero-order valence-electron chi connectivity index (χ0n) is 13.6. The van der Waals surface area contributed by atoms with Gasteiger partial charge in [-0.25, -0.2) is 17.5 Å². The highest BCUT2D eigenvalue weighted by molar-refractivity contribution is 9.10. The predicted molar refractivity (Wildman–Crippen MR) is 104 cm³/mol. The van der Waals surface area contributed by atoms with Gasteiger partial charge >= 0.3 is 0 Å². The molecule has 0 aliphatic carbocycles. The van der Waals surface area contributed by atoms with E-state index < -0.39 is 10.0 Å². The fourth-order valence-corrected chi connectivity index (χ4v) is 5.82. The van der Waals surface area contributed by atoms with Crippen molar-refractivity contribution in [1.82, 2.24) is 4.72 Å². The molecule has 1 amide bonds. The summed E-state index contributed by atoms with van der Waals surface area (Å²) in [5.74, 6) is -0.350. The summed E-state index contributed by atoms with van der Waals surface area (Å²) in [6, 6.07) is 9.06. The first-order valence-electron chi connectivity index (χ1n) is 7.76. The highest BCUT2D eigenvalue weighted by atomic mass is 79.9. The van der Waals surface area contributed by atoms with Crippen molar-refractivity contribution in [1.29, 1.82) is 0 Å². The quantitative estimate of drug-likeness (QED) is 0.609. The Morgan fingerprint density at radius 2 is 2.07 bits per heavy atom.